The molecule has 0 atom stereocenters. The zero-order chi connectivity index (χ0) is 21.6. The molecule has 30 heavy (non-hydrogen) atoms. The lowest BCUT2D eigenvalue weighted by molar-refractivity contribution is -0.123. The van der Waals surface area contributed by atoms with Crippen LogP contribution in [0.3, 0.4) is 0 Å². The summed E-state index contributed by atoms with van der Waals surface area (Å²) in [7, 11) is 2.05. The zero-order valence-corrected chi connectivity index (χ0v) is 18.8. The molecule has 5 rings (SSSR count). The molecule has 0 radical (unpaired) electrons. The third-order valence-electron chi connectivity index (χ3n) is 7.30. The SMILES string of the molecule is CCOC(=O)c1c(NC(=O)CN(C)C23CC4CC(CC(C4)C2)C3)sc(C(N)=O)c1C. The van der Waals surface area contributed by atoms with Gasteiger partial charge in [-0.1, -0.05) is 0 Å². The first-order valence-electron chi connectivity index (χ1n) is 10.8. The highest BCUT2D eigenvalue weighted by Crippen LogP contribution is 2.57. The van der Waals surface area contributed by atoms with Gasteiger partial charge in [0, 0.05) is 5.54 Å². The normalized spacial score (nSPS) is 29.3. The third kappa shape index (κ3) is 3.75. The number of hydrogen-bond donors (Lipinski definition) is 2. The van der Waals surface area contributed by atoms with Gasteiger partial charge in [-0.3, -0.25) is 14.5 Å². The van der Waals surface area contributed by atoms with E-state index in [1.165, 1.54) is 38.5 Å². The van der Waals surface area contributed by atoms with Crippen molar-refractivity contribution in [2.45, 2.75) is 57.9 Å². The van der Waals surface area contributed by atoms with Crippen LogP contribution in [-0.4, -0.2) is 48.4 Å². The highest BCUT2D eigenvalue weighted by atomic mass is 32.1. The number of thiophene rings is 1. The smallest absolute Gasteiger partial charge is 0.341 e. The van der Waals surface area contributed by atoms with E-state index in [0.717, 1.165) is 29.1 Å². The number of anilines is 1. The van der Waals surface area contributed by atoms with Gasteiger partial charge in [-0.25, -0.2) is 4.79 Å². The minimum Gasteiger partial charge on any atom is -0.462 e. The number of rotatable bonds is 7. The average Bonchev–Trinajstić information content (AvgIpc) is 2.96. The molecule has 7 nitrogen and oxygen atoms in total. The summed E-state index contributed by atoms with van der Waals surface area (Å²) < 4.78 is 5.12. The molecule has 4 aliphatic carbocycles. The largest absolute Gasteiger partial charge is 0.462 e. The van der Waals surface area contributed by atoms with Crippen molar-refractivity contribution in [2.75, 3.05) is 25.5 Å². The van der Waals surface area contributed by atoms with E-state index in [-0.39, 0.29) is 35.0 Å². The van der Waals surface area contributed by atoms with Crippen molar-refractivity contribution in [3.05, 3.63) is 16.0 Å². The van der Waals surface area contributed by atoms with E-state index in [1.54, 1.807) is 13.8 Å². The molecule has 4 saturated carbocycles. The molecule has 8 heteroatoms. The average molecular weight is 434 g/mol. The van der Waals surface area contributed by atoms with Crippen molar-refractivity contribution in [3.63, 3.8) is 0 Å². The van der Waals surface area contributed by atoms with Crippen LogP contribution < -0.4 is 11.1 Å². The Balaban J connectivity index is 1.49. The Kier molecular flexibility index (Phi) is 5.66. The molecule has 164 valence electrons. The number of carbonyl (C=O) groups is 3. The molecule has 0 aliphatic heterocycles. The number of amides is 2. The molecular formula is C22H31N3O4S. The second-order valence-electron chi connectivity index (χ2n) is 9.39. The van der Waals surface area contributed by atoms with Crippen molar-refractivity contribution in [1.82, 2.24) is 4.90 Å². The Morgan fingerprint density at radius 1 is 1.17 bits per heavy atom. The zero-order valence-electron chi connectivity index (χ0n) is 18.0. The summed E-state index contributed by atoms with van der Waals surface area (Å²) in [4.78, 5) is 39.6. The van der Waals surface area contributed by atoms with Crippen LogP contribution in [0.25, 0.3) is 0 Å². The van der Waals surface area contributed by atoms with Gasteiger partial charge < -0.3 is 15.8 Å². The van der Waals surface area contributed by atoms with Crippen LogP contribution >= 0.6 is 11.3 Å². The number of nitrogens with zero attached hydrogens (tertiary/aromatic N) is 1. The molecule has 1 heterocycles. The quantitative estimate of drug-likeness (QED) is 0.643. The van der Waals surface area contributed by atoms with Crippen LogP contribution in [0.2, 0.25) is 0 Å². The Morgan fingerprint density at radius 3 is 2.23 bits per heavy atom. The molecule has 2 amide bonds. The fourth-order valence-corrected chi connectivity index (χ4v) is 7.43. The van der Waals surface area contributed by atoms with E-state index in [0.29, 0.717) is 10.6 Å². The van der Waals surface area contributed by atoms with E-state index < -0.39 is 11.9 Å². The summed E-state index contributed by atoms with van der Waals surface area (Å²) in [5.41, 5.74) is 6.25. The van der Waals surface area contributed by atoms with Gasteiger partial charge in [0.05, 0.1) is 23.6 Å². The number of esters is 1. The van der Waals surface area contributed by atoms with Crippen LogP contribution in [0.1, 0.15) is 71.0 Å². The van der Waals surface area contributed by atoms with Gasteiger partial charge in [-0.05, 0) is 82.7 Å². The maximum atomic E-state index is 12.9. The summed E-state index contributed by atoms with van der Waals surface area (Å²) in [6.07, 6.45) is 7.61. The van der Waals surface area contributed by atoms with Gasteiger partial charge in [0.1, 0.15) is 5.00 Å². The molecular weight excluding hydrogens is 402 g/mol. The third-order valence-corrected chi connectivity index (χ3v) is 8.52. The van der Waals surface area contributed by atoms with Gasteiger partial charge >= 0.3 is 5.97 Å². The highest BCUT2D eigenvalue weighted by molar-refractivity contribution is 7.18. The maximum Gasteiger partial charge on any atom is 0.341 e. The molecule has 4 bridgehead atoms. The first kappa shape index (κ1) is 21.3. The van der Waals surface area contributed by atoms with Crippen molar-refractivity contribution in [2.24, 2.45) is 23.5 Å². The molecule has 1 aromatic rings. The Hall–Kier alpha value is -1.93. The highest BCUT2D eigenvalue weighted by Gasteiger charge is 2.52. The molecule has 4 aliphatic rings. The van der Waals surface area contributed by atoms with Gasteiger partial charge in [0.2, 0.25) is 5.91 Å². The topological polar surface area (TPSA) is 102 Å². The van der Waals surface area contributed by atoms with Crippen LogP contribution in [-0.2, 0) is 9.53 Å². The van der Waals surface area contributed by atoms with Crippen LogP contribution in [0.4, 0.5) is 5.00 Å². The monoisotopic (exact) mass is 433 g/mol. The minimum absolute atomic E-state index is 0.125. The molecule has 0 saturated heterocycles. The number of primary amides is 1. The van der Waals surface area contributed by atoms with Gasteiger partial charge in [0.25, 0.3) is 5.91 Å². The lowest BCUT2D eigenvalue weighted by Gasteiger charge is -2.59. The predicted molar refractivity (Wildman–Crippen MR) is 116 cm³/mol. The Morgan fingerprint density at radius 2 is 1.73 bits per heavy atom. The number of ether oxygens (including phenoxy) is 1. The molecule has 0 unspecified atom stereocenters. The van der Waals surface area contributed by atoms with Crippen molar-refractivity contribution < 1.29 is 19.1 Å². The number of likely N-dealkylation sites (N-methyl/N-ethyl adjacent to an activating group) is 1. The first-order valence-corrected chi connectivity index (χ1v) is 11.7. The fraction of sp³-hybridized carbons (Fsp3) is 0.682. The Labute approximate surface area is 181 Å². The van der Waals surface area contributed by atoms with Gasteiger partial charge in [-0.15, -0.1) is 11.3 Å². The summed E-state index contributed by atoms with van der Waals surface area (Å²) in [5.74, 6) is 1.05. The van der Waals surface area contributed by atoms with Crippen LogP contribution in [0, 0.1) is 24.7 Å². The van der Waals surface area contributed by atoms with Gasteiger partial charge in [0.15, 0.2) is 0 Å². The predicted octanol–water partition coefficient (Wildman–Crippen LogP) is 3.17. The van der Waals surface area contributed by atoms with E-state index in [4.69, 9.17) is 10.5 Å². The van der Waals surface area contributed by atoms with Crippen molar-refractivity contribution >= 4 is 34.1 Å². The number of nitrogens with one attached hydrogen (secondary N) is 1. The summed E-state index contributed by atoms with van der Waals surface area (Å²) in [5, 5.41) is 3.19. The summed E-state index contributed by atoms with van der Waals surface area (Å²) in [6.45, 7) is 3.84. The first-order chi connectivity index (χ1) is 14.2. The number of hydrogen-bond acceptors (Lipinski definition) is 6. The number of nitrogens with two attached hydrogens (primary N) is 1. The van der Waals surface area contributed by atoms with Gasteiger partial charge in [-0.2, -0.15) is 0 Å². The minimum atomic E-state index is -0.616. The lowest BCUT2D eigenvalue weighted by Crippen LogP contribution is -2.59. The molecule has 3 N–H and O–H groups in total. The van der Waals surface area contributed by atoms with E-state index in [1.807, 2.05) is 7.05 Å². The second kappa shape index (κ2) is 7.96. The molecule has 1 aromatic heterocycles. The molecule has 4 fully saturated rings. The lowest BCUT2D eigenvalue weighted by atomic mass is 9.52. The van der Waals surface area contributed by atoms with Crippen LogP contribution in [0.15, 0.2) is 0 Å². The van der Waals surface area contributed by atoms with E-state index in [9.17, 15) is 14.4 Å². The van der Waals surface area contributed by atoms with Crippen molar-refractivity contribution in [1.29, 1.82) is 0 Å². The maximum absolute atomic E-state index is 12.9. The van der Waals surface area contributed by atoms with E-state index in [2.05, 4.69) is 10.2 Å². The number of carbonyl (C=O) groups excluding carboxylic acids is 3. The Bertz CT molecular complexity index is 843. The molecule has 0 aromatic carbocycles. The summed E-state index contributed by atoms with van der Waals surface area (Å²) in [6, 6.07) is 0. The van der Waals surface area contributed by atoms with E-state index >= 15 is 0 Å². The molecule has 0 spiro atoms. The summed E-state index contributed by atoms with van der Waals surface area (Å²) >= 11 is 1.04. The second-order valence-corrected chi connectivity index (χ2v) is 10.4. The van der Waals surface area contributed by atoms with Crippen molar-refractivity contribution in [3.8, 4) is 0 Å². The fourth-order valence-electron chi connectivity index (χ4n) is 6.37. The van der Waals surface area contributed by atoms with Crippen LogP contribution in [0.5, 0.6) is 0 Å². The standard InChI is InChI=1S/C22H31N3O4S/c1-4-29-21(28)17-12(2)18(19(23)27)30-20(17)24-16(26)11-25(3)22-8-13-5-14(9-22)7-15(6-13)10-22/h13-15H,4-11H2,1-3H3,(H2,23,27)(H,24,26).